The van der Waals surface area contributed by atoms with Crippen LogP contribution in [-0.2, 0) is 9.53 Å². The molecule has 1 fully saturated rings. The van der Waals surface area contributed by atoms with Gasteiger partial charge in [0.2, 0.25) is 5.72 Å². The zero-order valence-corrected chi connectivity index (χ0v) is 16.8. The predicted molar refractivity (Wildman–Crippen MR) is 110 cm³/mol. The number of carbonyl (C=O) groups is 1. The van der Waals surface area contributed by atoms with Crippen molar-refractivity contribution in [3.05, 3.63) is 54.1 Å². The van der Waals surface area contributed by atoms with Gasteiger partial charge in [-0.05, 0) is 56.4 Å². The number of para-hydroxylation sites is 1. The second kappa shape index (κ2) is 6.98. The van der Waals surface area contributed by atoms with E-state index in [9.17, 15) is 4.79 Å². The van der Waals surface area contributed by atoms with E-state index < -0.39 is 11.6 Å². The third-order valence-corrected chi connectivity index (χ3v) is 5.56. The first-order chi connectivity index (χ1) is 13.5. The van der Waals surface area contributed by atoms with Gasteiger partial charge in [-0.1, -0.05) is 18.2 Å². The Morgan fingerprint density at radius 3 is 2.71 bits per heavy atom. The molecule has 2 aliphatic heterocycles. The van der Waals surface area contributed by atoms with Crippen molar-refractivity contribution in [1.29, 1.82) is 0 Å². The lowest BCUT2D eigenvalue weighted by Crippen LogP contribution is -2.71. The summed E-state index contributed by atoms with van der Waals surface area (Å²) in [7, 11) is 1.61. The van der Waals surface area contributed by atoms with E-state index in [4.69, 9.17) is 26.4 Å². The Hall–Kier alpha value is -2.80. The summed E-state index contributed by atoms with van der Waals surface area (Å²) in [5, 5.41) is 3.83. The van der Waals surface area contributed by atoms with Gasteiger partial charge in [0.15, 0.2) is 5.11 Å². The molecule has 1 N–H and O–H groups in total. The molecule has 7 heteroatoms. The van der Waals surface area contributed by atoms with Gasteiger partial charge < -0.3 is 19.5 Å². The van der Waals surface area contributed by atoms with Gasteiger partial charge in [0.1, 0.15) is 17.4 Å². The Morgan fingerprint density at radius 1 is 1.29 bits per heavy atom. The van der Waals surface area contributed by atoms with Gasteiger partial charge in [-0.2, -0.15) is 0 Å². The van der Waals surface area contributed by atoms with E-state index in [2.05, 4.69) is 5.32 Å². The lowest BCUT2D eigenvalue weighted by molar-refractivity contribution is -0.159. The minimum atomic E-state index is -1.04. The molecule has 0 radical (unpaired) electrons. The number of fused-ring (bicyclic) bond motifs is 4. The van der Waals surface area contributed by atoms with Crippen LogP contribution in [0.15, 0.2) is 48.5 Å². The number of benzene rings is 2. The van der Waals surface area contributed by atoms with Crippen LogP contribution in [-0.4, -0.2) is 30.5 Å². The molecular formula is C21H22N2O4S. The normalized spacial score (nSPS) is 25.2. The lowest BCUT2D eigenvalue weighted by Gasteiger charge is -2.55. The first-order valence-electron chi connectivity index (χ1n) is 9.19. The fourth-order valence-corrected chi connectivity index (χ4v) is 4.46. The van der Waals surface area contributed by atoms with E-state index in [0.717, 1.165) is 11.3 Å². The molecule has 6 nitrogen and oxygen atoms in total. The number of hydrogen-bond acceptors (Lipinski definition) is 5. The highest BCUT2D eigenvalue weighted by Crippen LogP contribution is 2.50. The number of esters is 1. The van der Waals surface area contributed by atoms with Crippen LogP contribution >= 0.6 is 12.2 Å². The van der Waals surface area contributed by atoms with E-state index in [1.54, 1.807) is 14.0 Å². The third kappa shape index (κ3) is 2.77. The minimum Gasteiger partial charge on any atom is -0.497 e. The van der Waals surface area contributed by atoms with Gasteiger partial charge in [-0.25, -0.2) is 0 Å². The molecule has 0 aromatic heterocycles. The van der Waals surface area contributed by atoms with Crippen LogP contribution in [0.3, 0.4) is 0 Å². The fourth-order valence-electron chi connectivity index (χ4n) is 4.05. The summed E-state index contributed by atoms with van der Waals surface area (Å²) >= 11 is 5.68. The van der Waals surface area contributed by atoms with Gasteiger partial charge in [0.25, 0.3) is 0 Å². The number of rotatable bonds is 4. The summed E-state index contributed by atoms with van der Waals surface area (Å²) in [4.78, 5) is 14.9. The number of hydrogen-bond donors (Lipinski definition) is 1. The molecule has 2 aromatic carbocycles. The summed E-state index contributed by atoms with van der Waals surface area (Å²) < 4.78 is 17.2. The largest absolute Gasteiger partial charge is 0.497 e. The fraction of sp³-hybridized carbons (Fsp3) is 0.333. The highest BCUT2D eigenvalue weighted by Gasteiger charge is 2.59. The van der Waals surface area contributed by atoms with Crippen molar-refractivity contribution in [3.63, 3.8) is 0 Å². The van der Waals surface area contributed by atoms with Crippen LogP contribution in [0.4, 0.5) is 5.69 Å². The molecule has 1 saturated heterocycles. The molecule has 4 rings (SSSR count). The zero-order chi connectivity index (χ0) is 19.9. The van der Waals surface area contributed by atoms with Crippen LogP contribution in [0.2, 0.25) is 0 Å². The highest BCUT2D eigenvalue weighted by molar-refractivity contribution is 7.80. The molecule has 0 aliphatic carbocycles. The Morgan fingerprint density at radius 2 is 2.04 bits per heavy atom. The predicted octanol–water partition coefficient (Wildman–Crippen LogP) is 3.42. The Labute approximate surface area is 169 Å². The zero-order valence-electron chi connectivity index (χ0n) is 16.0. The molecule has 2 aromatic rings. The van der Waals surface area contributed by atoms with Crippen LogP contribution < -0.4 is 19.7 Å². The van der Waals surface area contributed by atoms with Crippen LogP contribution in [0.25, 0.3) is 0 Å². The molecule has 0 saturated carbocycles. The summed E-state index contributed by atoms with van der Waals surface area (Å²) in [5.74, 6) is 0.412. The lowest BCUT2D eigenvalue weighted by atomic mass is 9.79. The van der Waals surface area contributed by atoms with Crippen molar-refractivity contribution in [1.82, 2.24) is 5.32 Å². The number of methoxy groups -OCH3 is 1. The number of nitrogens with zero attached hydrogens (tertiary/aromatic N) is 1. The van der Waals surface area contributed by atoms with Gasteiger partial charge in [-0.3, -0.25) is 9.69 Å². The first kappa shape index (κ1) is 18.6. The van der Waals surface area contributed by atoms with E-state index in [0.29, 0.717) is 23.2 Å². The molecule has 2 aliphatic rings. The number of anilines is 1. The van der Waals surface area contributed by atoms with Gasteiger partial charge >= 0.3 is 5.97 Å². The number of carbonyl (C=O) groups excluding carboxylic acids is 1. The molecule has 2 heterocycles. The van der Waals surface area contributed by atoms with E-state index in [1.807, 2.05) is 60.4 Å². The van der Waals surface area contributed by atoms with Crippen molar-refractivity contribution in [2.45, 2.75) is 25.6 Å². The molecule has 0 amide bonds. The third-order valence-electron chi connectivity index (χ3n) is 5.26. The highest BCUT2D eigenvalue weighted by atomic mass is 32.1. The van der Waals surface area contributed by atoms with Crippen LogP contribution in [0.1, 0.15) is 25.5 Å². The van der Waals surface area contributed by atoms with E-state index in [1.165, 1.54) is 0 Å². The first-order valence-corrected chi connectivity index (χ1v) is 9.59. The Kier molecular flexibility index (Phi) is 4.63. The maximum Gasteiger partial charge on any atom is 0.317 e. The molecule has 2 bridgehead atoms. The standard InChI is InChI=1S/C21H22N2O4S/c1-4-26-19(24)17-18-15-12-14(25-3)10-11-16(15)27-21(17,2)23(20(28)22-18)13-8-6-5-7-9-13/h5-12,17-18H,4H2,1-3H3,(H,22,28)/t17-,18-,21+/m1/s1. The smallest absolute Gasteiger partial charge is 0.317 e. The monoisotopic (exact) mass is 398 g/mol. The number of ether oxygens (including phenoxy) is 3. The Balaban J connectivity index is 1.89. The summed E-state index contributed by atoms with van der Waals surface area (Å²) in [6.45, 7) is 3.97. The molecular weight excluding hydrogens is 376 g/mol. The van der Waals surface area contributed by atoms with Crippen molar-refractivity contribution >= 4 is 29.0 Å². The van der Waals surface area contributed by atoms with Crippen molar-refractivity contribution in [2.75, 3.05) is 18.6 Å². The number of nitrogens with one attached hydrogen (secondary N) is 1. The van der Waals surface area contributed by atoms with Gasteiger partial charge in [-0.15, -0.1) is 0 Å². The second-order valence-electron chi connectivity index (χ2n) is 6.89. The SMILES string of the molecule is CCOC(=O)[C@H]1[C@@H]2NC(=S)N(c3ccccc3)[C@@]1(C)Oc1ccc(OC)cc12. The molecule has 28 heavy (non-hydrogen) atoms. The van der Waals surface area contributed by atoms with Gasteiger partial charge in [0.05, 0.1) is 19.8 Å². The van der Waals surface area contributed by atoms with E-state index >= 15 is 0 Å². The summed E-state index contributed by atoms with van der Waals surface area (Å²) in [6.07, 6.45) is 0. The minimum absolute atomic E-state index is 0.291. The average molecular weight is 398 g/mol. The van der Waals surface area contributed by atoms with Crippen molar-refractivity contribution < 1.29 is 19.0 Å². The van der Waals surface area contributed by atoms with E-state index in [-0.39, 0.29) is 12.0 Å². The molecule has 146 valence electrons. The van der Waals surface area contributed by atoms with Crippen LogP contribution in [0, 0.1) is 5.92 Å². The maximum absolute atomic E-state index is 13.0. The molecule has 0 unspecified atom stereocenters. The van der Waals surface area contributed by atoms with Crippen LogP contribution in [0.5, 0.6) is 11.5 Å². The maximum atomic E-state index is 13.0. The van der Waals surface area contributed by atoms with Gasteiger partial charge in [0, 0.05) is 11.3 Å². The summed E-state index contributed by atoms with van der Waals surface area (Å²) in [5.41, 5.74) is 0.625. The topological polar surface area (TPSA) is 60.0 Å². The van der Waals surface area contributed by atoms with Crippen molar-refractivity contribution in [2.24, 2.45) is 5.92 Å². The summed E-state index contributed by atoms with van der Waals surface area (Å²) in [6, 6.07) is 14.9. The Bertz CT molecular complexity index is 920. The molecule has 0 spiro atoms. The number of thiocarbonyl (C=S) groups is 1. The second-order valence-corrected chi connectivity index (χ2v) is 7.28. The average Bonchev–Trinajstić information content (AvgIpc) is 2.68. The van der Waals surface area contributed by atoms with Crippen molar-refractivity contribution in [3.8, 4) is 11.5 Å². The quantitative estimate of drug-likeness (QED) is 0.625. The molecule has 3 atom stereocenters.